The highest BCUT2D eigenvalue weighted by Crippen LogP contribution is 2.13. The average molecular weight is 210 g/mol. The molecule has 0 aliphatic heterocycles. The van der Waals surface area contributed by atoms with E-state index in [1.165, 1.54) is 12.1 Å². The molecule has 1 aromatic carbocycles. The summed E-state index contributed by atoms with van der Waals surface area (Å²) < 4.78 is 25.7. The second kappa shape index (κ2) is 5.47. The van der Waals surface area contributed by atoms with E-state index in [9.17, 15) is 13.9 Å². The van der Waals surface area contributed by atoms with Crippen LogP contribution < -0.4 is 0 Å². The SMILES string of the molecule is C#CCCC(O)Cc1ccc(F)cc1F. The van der Waals surface area contributed by atoms with Crippen LogP contribution in [0.2, 0.25) is 0 Å². The fourth-order valence-electron chi connectivity index (χ4n) is 1.29. The van der Waals surface area contributed by atoms with Gasteiger partial charge in [0.1, 0.15) is 11.6 Å². The van der Waals surface area contributed by atoms with Gasteiger partial charge in [-0.2, -0.15) is 0 Å². The van der Waals surface area contributed by atoms with Crippen molar-refractivity contribution in [2.24, 2.45) is 0 Å². The molecule has 0 spiro atoms. The van der Waals surface area contributed by atoms with Crippen molar-refractivity contribution in [2.75, 3.05) is 0 Å². The van der Waals surface area contributed by atoms with E-state index < -0.39 is 17.7 Å². The zero-order chi connectivity index (χ0) is 11.3. The predicted octanol–water partition coefficient (Wildman–Crippen LogP) is 2.28. The number of hydrogen-bond donors (Lipinski definition) is 1. The summed E-state index contributed by atoms with van der Waals surface area (Å²) in [5, 5.41) is 9.47. The molecule has 0 amide bonds. The second-order valence-electron chi connectivity index (χ2n) is 3.34. The van der Waals surface area contributed by atoms with Crippen LogP contribution in [-0.4, -0.2) is 11.2 Å². The molecule has 0 saturated heterocycles. The van der Waals surface area contributed by atoms with Gasteiger partial charge < -0.3 is 5.11 Å². The molecule has 1 N–H and O–H groups in total. The van der Waals surface area contributed by atoms with Gasteiger partial charge in [-0.05, 0) is 18.1 Å². The van der Waals surface area contributed by atoms with Gasteiger partial charge in [-0.15, -0.1) is 12.3 Å². The molecule has 0 fully saturated rings. The second-order valence-corrected chi connectivity index (χ2v) is 3.34. The number of halogens is 2. The zero-order valence-electron chi connectivity index (χ0n) is 8.21. The van der Waals surface area contributed by atoms with Gasteiger partial charge in [0.05, 0.1) is 6.10 Å². The summed E-state index contributed by atoms with van der Waals surface area (Å²) in [6.07, 6.45) is 5.39. The van der Waals surface area contributed by atoms with Crippen LogP contribution in [0.15, 0.2) is 18.2 Å². The molecule has 0 bridgehead atoms. The van der Waals surface area contributed by atoms with Crippen molar-refractivity contribution in [3.63, 3.8) is 0 Å². The first-order chi connectivity index (χ1) is 7.13. The summed E-state index contributed by atoms with van der Waals surface area (Å²) in [7, 11) is 0. The molecule has 1 atom stereocenters. The lowest BCUT2D eigenvalue weighted by atomic mass is 10.0. The Balaban J connectivity index is 2.61. The van der Waals surface area contributed by atoms with Crippen LogP contribution in [0.4, 0.5) is 8.78 Å². The van der Waals surface area contributed by atoms with E-state index in [1.54, 1.807) is 0 Å². The Labute approximate surface area is 87.7 Å². The Morgan fingerprint density at radius 2 is 2.13 bits per heavy atom. The first-order valence-corrected chi connectivity index (χ1v) is 4.69. The largest absolute Gasteiger partial charge is 0.393 e. The maximum Gasteiger partial charge on any atom is 0.129 e. The van der Waals surface area contributed by atoms with Crippen LogP contribution in [0.5, 0.6) is 0 Å². The Bertz CT molecular complexity index is 368. The Hall–Kier alpha value is -1.40. The Kier molecular flexibility index (Phi) is 4.26. The maximum atomic E-state index is 13.1. The molecule has 0 aliphatic carbocycles. The molecule has 1 rings (SSSR count). The molecule has 1 aromatic rings. The normalized spacial score (nSPS) is 12.1. The van der Waals surface area contributed by atoms with E-state index in [4.69, 9.17) is 6.42 Å². The predicted molar refractivity (Wildman–Crippen MR) is 54.1 cm³/mol. The number of aliphatic hydroxyl groups excluding tert-OH is 1. The molecule has 1 unspecified atom stereocenters. The molecule has 1 nitrogen and oxygen atoms in total. The van der Waals surface area contributed by atoms with Crippen molar-refractivity contribution in [1.82, 2.24) is 0 Å². The number of terminal acetylenes is 1. The molecule has 15 heavy (non-hydrogen) atoms. The fraction of sp³-hybridized carbons (Fsp3) is 0.333. The van der Waals surface area contributed by atoms with Crippen molar-refractivity contribution in [2.45, 2.75) is 25.4 Å². The third-order valence-corrected chi connectivity index (χ3v) is 2.09. The smallest absolute Gasteiger partial charge is 0.129 e. The van der Waals surface area contributed by atoms with Crippen LogP contribution in [-0.2, 0) is 6.42 Å². The zero-order valence-corrected chi connectivity index (χ0v) is 8.21. The van der Waals surface area contributed by atoms with Gasteiger partial charge in [-0.25, -0.2) is 8.78 Å². The van der Waals surface area contributed by atoms with Gasteiger partial charge in [0, 0.05) is 18.9 Å². The van der Waals surface area contributed by atoms with Crippen molar-refractivity contribution < 1.29 is 13.9 Å². The number of hydrogen-bond acceptors (Lipinski definition) is 1. The fourth-order valence-corrected chi connectivity index (χ4v) is 1.29. The van der Waals surface area contributed by atoms with Crippen molar-refractivity contribution in [1.29, 1.82) is 0 Å². The molecule has 3 heteroatoms. The first-order valence-electron chi connectivity index (χ1n) is 4.69. The maximum absolute atomic E-state index is 13.1. The van der Waals surface area contributed by atoms with E-state index in [0.717, 1.165) is 6.07 Å². The van der Waals surface area contributed by atoms with Crippen LogP contribution in [0.1, 0.15) is 18.4 Å². The van der Waals surface area contributed by atoms with E-state index in [1.807, 2.05) is 0 Å². The van der Waals surface area contributed by atoms with Crippen LogP contribution >= 0.6 is 0 Å². The quantitative estimate of drug-likeness (QED) is 0.756. The van der Waals surface area contributed by atoms with Crippen LogP contribution in [0.25, 0.3) is 0 Å². The standard InChI is InChI=1S/C12H12F2O/c1-2-3-4-11(15)7-9-5-6-10(13)8-12(9)14/h1,5-6,8,11,15H,3-4,7H2. The minimum absolute atomic E-state index is 0.161. The third-order valence-electron chi connectivity index (χ3n) is 2.09. The van der Waals surface area contributed by atoms with Gasteiger partial charge in [0.2, 0.25) is 0 Å². The third kappa shape index (κ3) is 3.69. The van der Waals surface area contributed by atoms with Gasteiger partial charge in [-0.1, -0.05) is 6.07 Å². The van der Waals surface area contributed by atoms with E-state index in [0.29, 0.717) is 18.4 Å². The lowest BCUT2D eigenvalue weighted by Crippen LogP contribution is -2.11. The minimum atomic E-state index is -0.680. The first kappa shape index (κ1) is 11.7. The highest BCUT2D eigenvalue weighted by atomic mass is 19.1. The van der Waals surface area contributed by atoms with Crippen molar-refractivity contribution >= 4 is 0 Å². The molecule has 0 aromatic heterocycles. The molecule has 0 radical (unpaired) electrons. The van der Waals surface area contributed by atoms with Gasteiger partial charge >= 0.3 is 0 Å². The highest BCUT2D eigenvalue weighted by molar-refractivity contribution is 5.19. The number of aliphatic hydroxyl groups is 1. The van der Waals surface area contributed by atoms with Crippen molar-refractivity contribution in [3.8, 4) is 12.3 Å². The lowest BCUT2D eigenvalue weighted by Gasteiger charge is -2.09. The summed E-state index contributed by atoms with van der Waals surface area (Å²) >= 11 is 0. The Morgan fingerprint density at radius 3 is 2.73 bits per heavy atom. The molecule has 0 saturated carbocycles. The summed E-state index contributed by atoms with van der Waals surface area (Å²) in [5.74, 6) is 1.15. The van der Waals surface area contributed by atoms with Crippen LogP contribution in [0.3, 0.4) is 0 Å². The van der Waals surface area contributed by atoms with Gasteiger partial charge in [0.25, 0.3) is 0 Å². The molecular weight excluding hydrogens is 198 g/mol. The summed E-state index contributed by atoms with van der Waals surface area (Å²) in [6.45, 7) is 0. The summed E-state index contributed by atoms with van der Waals surface area (Å²) in [6, 6.07) is 3.32. The molecular formula is C12H12F2O. The van der Waals surface area contributed by atoms with Crippen LogP contribution in [0, 0.1) is 24.0 Å². The minimum Gasteiger partial charge on any atom is -0.393 e. The van der Waals surface area contributed by atoms with E-state index in [2.05, 4.69) is 5.92 Å². The van der Waals surface area contributed by atoms with E-state index in [-0.39, 0.29) is 6.42 Å². The Morgan fingerprint density at radius 1 is 1.40 bits per heavy atom. The number of rotatable bonds is 4. The number of benzene rings is 1. The van der Waals surface area contributed by atoms with Crippen molar-refractivity contribution in [3.05, 3.63) is 35.4 Å². The molecule has 80 valence electrons. The highest BCUT2D eigenvalue weighted by Gasteiger charge is 2.09. The van der Waals surface area contributed by atoms with Gasteiger partial charge in [-0.3, -0.25) is 0 Å². The summed E-state index contributed by atoms with van der Waals surface area (Å²) in [5.41, 5.74) is 0.306. The monoisotopic (exact) mass is 210 g/mol. The van der Waals surface area contributed by atoms with E-state index >= 15 is 0 Å². The molecule has 0 heterocycles. The topological polar surface area (TPSA) is 20.2 Å². The summed E-state index contributed by atoms with van der Waals surface area (Å²) in [4.78, 5) is 0. The lowest BCUT2D eigenvalue weighted by molar-refractivity contribution is 0.165. The molecule has 0 aliphatic rings. The van der Waals surface area contributed by atoms with Gasteiger partial charge in [0.15, 0.2) is 0 Å². The average Bonchev–Trinajstić information content (AvgIpc) is 2.19.